The lowest BCUT2D eigenvalue weighted by atomic mass is 10.2. The summed E-state index contributed by atoms with van der Waals surface area (Å²) in [5, 5.41) is 6.65. The number of hydrogen-bond donors (Lipinski definition) is 1. The SMILES string of the molecule is Cc1cc(=O)c(C(=O)NC(C)c2ccccn2)nn1-c1cccc(C(F)(F)F)c1. The third kappa shape index (κ3) is 4.50. The van der Waals surface area contributed by atoms with E-state index in [0.717, 1.165) is 22.9 Å². The Labute approximate surface area is 164 Å². The van der Waals surface area contributed by atoms with Crippen molar-refractivity contribution in [3.8, 4) is 5.69 Å². The summed E-state index contributed by atoms with van der Waals surface area (Å²) in [7, 11) is 0. The Bertz CT molecular complexity index is 1090. The molecule has 6 nitrogen and oxygen atoms in total. The van der Waals surface area contributed by atoms with Crippen molar-refractivity contribution in [2.24, 2.45) is 0 Å². The molecular weight excluding hydrogens is 385 g/mol. The Morgan fingerprint density at radius 1 is 1.14 bits per heavy atom. The van der Waals surface area contributed by atoms with Crippen molar-refractivity contribution in [1.29, 1.82) is 0 Å². The lowest BCUT2D eigenvalue weighted by Gasteiger charge is -2.15. The fourth-order valence-corrected chi connectivity index (χ4v) is 2.75. The molecule has 2 aromatic heterocycles. The number of rotatable bonds is 4. The van der Waals surface area contributed by atoms with Gasteiger partial charge in [0.2, 0.25) is 5.43 Å². The summed E-state index contributed by atoms with van der Waals surface area (Å²) in [5.41, 5.74) is -0.934. The number of nitrogens with zero attached hydrogens (tertiary/aromatic N) is 3. The van der Waals surface area contributed by atoms with Crippen molar-refractivity contribution in [3.63, 3.8) is 0 Å². The maximum Gasteiger partial charge on any atom is 0.416 e. The molecule has 2 heterocycles. The average molecular weight is 402 g/mol. The topological polar surface area (TPSA) is 76.9 Å². The number of hydrogen-bond acceptors (Lipinski definition) is 4. The minimum Gasteiger partial charge on any atom is -0.342 e. The van der Waals surface area contributed by atoms with Gasteiger partial charge in [-0.25, -0.2) is 4.68 Å². The van der Waals surface area contributed by atoms with Crippen LogP contribution in [0.1, 0.15) is 40.4 Å². The second-order valence-corrected chi connectivity index (χ2v) is 6.41. The van der Waals surface area contributed by atoms with Gasteiger partial charge in [0.15, 0.2) is 5.69 Å². The van der Waals surface area contributed by atoms with Crippen molar-refractivity contribution < 1.29 is 18.0 Å². The number of benzene rings is 1. The lowest BCUT2D eigenvalue weighted by molar-refractivity contribution is -0.137. The van der Waals surface area contributed by atoms with E-state index in [1.807, 2.05) is 0 Å². The van der Waals surface area contributed by atoms with Crippen LogP contribution in [0.2, 0.25) is 0 Å². The maximum absolute atomic E-state index is 13.0. The van der Waals surface area contributed by atoms with Gasteiger partial charge in [-0.2, -0.15) is 18.3 Å². The van der Waals surface area contributed by atoms with Gasteiger partial charge in [0.05, 0.1) is 23.0 Å². The molecule has 1 N–H and O–H groups in total. The predicted octanol–water partition coefficient (Wildman–Crippen LogP) is 3.45. The Morgan fingerprint density at radius 2 is 1.90 bits per heavy atom. The summed E-state index contributed by atoms with van der Waals surface area (Å²) in [6, 6.07) is 10.4. The fourth-order valence-electron chi connectivity index (χ4n) is 2.75. The van der Waals surface area contributed by atoms with E-state index in [1.54, 1.807) is 31.3 Å². The molecule has 3 aromatic rings. The van der Waals surface area contributed by atoms with Crippen LogP contribution in [-0.2, 0) is 6.18 Å². The molecule has 0 saturated carbocycles. The van der Waals surface area contributed by atoms with Gasteiger partial charge in [-0.3, -0.25) is 14.6 Å². The highest BCUT2D eigenvalue weighted by Crippen LogP contribution is 2.30. The molecule has 150 valence electrons. The summed E-state index contributed by atoms with van der Waals surface area (Å²) in [6.45, 7) is 3.21. The van der Waals surface area contributed by atoms with Gasteiger partial charge >= 0.3 is 6.18 Å². The van der Waals surface area contributed by atoms with E-state index in [-0.39, 0.29) is 5.69 Å². The maximum atomic E-state index is 13.0. The molecule has 1 atom stereocenters. The first-order valence-corrected chi connectivity index (χ1v) is 8.67. The van der Waals surface area contributed by atoms with E-state index >= 15 is 0 Å². The number of aromatic nitrogens is 3. The zero-order valence-corrected chi connectivity index (χ0v) is 15.6. The van der Waals surface area contributed by atoms with Crippen LogP contribution in [0, 0.1) is 6.92 Å². The van der Waals surface area contributed by atoms with Crippen LogP contribution in [0.4, 0.5) is 13.2 Å². The van der Waals surface area contributed by atoms with Crippen LogP contribution in [0.5, 0.6) is 0 Å². The first-order valence-electron chi connectivity index (χ1n) is 8.67. The molecule has 0 fully saturated rings. The molecule has 3 rings (SSSR count). The molecule has 29 heavy (non-hydrogen) atoms. The van der Waals surface area contributed by atoms with E-state index < -0.39 is 34.8 Å². The molecular formula is C20H17F3N4O2. The largest absolute Gasteiger partial charge is 0.416 e. The number of carbonyl (C=O) groups excluding carboxylic acids is 1. The van der Waals surface area contributed by atoms with Crippen LogP contribution < -0.4 is 10.7 Å². The van der Waals surface area contributed by atoms with Crippen molar-refractivity contribution >= 4 is 5.91 Å². The van der Waals surface area contributed by atoms with Gasteiger partial charge in [0.25, 0.3) is 5.91 Å². The van der Waals surface area contributed by atoms with Gasteiger partial charge in [0, 0.05) is 18.0 Å². The Kier molecular flexibility index (Phi) is 5.49. The number of halogens is 3. The van der Waals surface area contributed by atoms with E-state index in [0.29, 0.717) is 11.4 Å². The van der Waals surface area contributed by atoms with E-state index in [1.165, 1.54) is 19.1 Å². The molecule has 0 saturated heterocycles. The Balaban J connectivity index is 1.96. The predicted molar refractivity (Wildman–Crippen MR) is 99.7 cm³/mol. The minimum atomic E-state index is -4.53. The number of amides is 1. The molecule has 1 unspecified atom stereocenters. The molecule has 0 radical (unpaired) electrons. The van der Waals surface area contributed by atoms with Gasteiger partial charge < -0.3 is 5.32 Å². The van der Waals surface area contributed by atoms with Crippen molar-refractivity contribution in [3.05, 3.63) is 87.6 Å². The zero-order chi connectivity index (χ0) is 21.2. The summed E-state index contributed by atoms with van der Waals surface area (Å²) < 4.78 is 40.2. The molecule has 1 amide bonds. The second-order valence-electron chi connectivity index (χ2n) is 6.41. The smallest absolute Gasteiger partial charge is 0.342 e. The molecule has 0 aliphatic heterocycles. The number of alkyl halides is 3. The van der Waals surface area contributed by atoms with Gasteiger partial charge in [-0.15, -0.1) is 0 Å². The fraction of sp³-hybridized carbons (Fsp3) is 0.200. The van der Waals surface area contributed by atoms with Crippen LogP contribution in [0.15, 0.2) is 59.5 Å². The summed E-state index contributed by atoms with van der Waals surface area (Å²) >= 11 is 0. The molecule has 0 spiro atoms. The van der Waals surface area contributed by atoms with Crippen LogP contribution in [-0.4, -0.2) is 20.7 Å². The summed E-state index contributed by atoms with van der Waals surface area (Å²) in [5.74, 6) is -0.742. The quantitative estimate of drug-likeness (QED) is 0.725. The highest BCUT2D eigenvalue weighted by atomic mass is 19.4. The number of carbonyl (C=O) groups is 1. The molecule has 0 bridgehead atoms. The van der Waals surface area contributed by atoms with Gasteiger partial charge in [0.1, 0.15) is 0 Å². The lowest BCUT2D eigenvalue weighted by Crippen LogP contribution is -2.33. The van der Waals surface area contributed by atoms with Crippen LogP contribution >= 0.6 is 0 Å². The normalized spacial score (nSPS) is 12.4. The third-order valence-electron chi connectivity index (χ3n) is 4.22. The van der Waals surface area contributed by atoms with Crippen LogP contribution in [0.25, 0.3) is 5.69 Å². The van der Waals surface area contributed by atoms with Gasteiger partial charge in [-0.05, 0) is 44.2 Å². The zero-order valence-electron chi connectivity index (χ0n) is 15.6. The standard InChI is InChI=1S/C20H17F3N4O2/c1-12-10-17(28)18(19(29)25-13(2)16-8-3-4-9-24-16)26-27(12)15-7-5-6-14(11-15)20(21,22)23/h3-11,13H,1-2H3,(H,25,29). The van der Waals surface area contributed by atoms with Crippen molar-refractivity contribution in [2.45, 2.75) is 26.1 Å². The first-order chi connectivity index (χ1) is 13.7. The summed E-state index contributed by atoms with van der Waals surface area (Å²) in [6.07, 6.45) is -2.95. The number of pyridine rings is 1. The summed E-state index contributed by atoms with van der Waals surface area (Å²) in [4.78, 5) is 29.0. The van der Waals surface area contributed by atoms with E-state index in [9.17, 15) is 22.8 Å². The monoisotopic (exact) mass is 402 g/mol. The first kappa shape index (κ1) is 20.2. The Morgan fingerprint density at radius 3 is 2.55 bits per heavy atom. The average Bonchev–Trinajstić information content (AvgIpc) is 2.68. The molecule has 9 heteroatoms. The molecule has 0 aliphatic carbocycles. The van der Waals surface area contributed by atoms with Gasteiger partial charge in [-0.1, -0.05) is 12.1 Å². The number of aryl methyl sites for hydroxylation is 1. The number of nitrogens with one attached hydrogen (secondary N) is 1. The highest BCUT2D eigenvalue weighted by molar-refractivity contribution is 5.92. The third-order valence-corrected chi connectivity index (χ3v) is 4.22. The molecule has 1 aromatic carbocycles. The molecule has 0 aliphatic rings. The van der Waals surface area contributed by atoms with Crippen LogP contribution in [0.3, 0.4) is 0 Å². The minimum absolute atomic E-state index is 0.0872. The second kappa shape index (κ2) is 7.86. The highest BCUT2D eigenvalue weighted by Gasteiger charge is 2.30. The Hall–Kier alpha value is -3.49. The van der Waals surface area contributed by atoms with Crippen molar-refractivity contribution in [2.75, 3.05) is 0 Å². The van der Waals surface area contributed by atoms with E-state index in [4.69, 9.17) is 0 Å². The van der Waals surface area contributed by atoms with Crippen molar-refractivity contribution in [1.82, 2.24) is 20.1 Å². The van der Waals surface area contributed by atoms with E-state index in [2.05, 4.69) is 15.4 Å².